The molecule has 0 spiro atoms. The molecule has 2 aromatic rings. The highest BCUT2D eigenvalue weighted by Gasteiger charge is 2.12. The van der Waals surface area contributed by atoms with Gasteiger partial charge in [-0.2, -0.15) is 0 Å². The Bertz CT molecular complexity index is 628. The van der Waals surface area contributed by atoms with Gasteiger partial charge in [0.25, 0.3) is 0 Å². The molecule has 4 heteroatoms. The fourth-order valence-electron chi connectivity index (χ4n) is 2.03. The minimum absolute atomic E-state index is 0.123. The number of methoxy groups -OCH3 is 2. The minimum Gasteiger partial charge on any atom is -0.497 e. The summed E-state index contributed by atoms with van der Waals surface area (Å²) in [5.41, 5.74) is 1.65. The van der Waals surface area contributed by atoms with E-state index in [9.17, 15) is 9.18 Å². The summed E-state index contributed by atoms with van der Waals surface area (Å²) in [6, 6.07) is 9.30. The Morgan fingerprint density at radius 1 is 1.00 bits per heavy atom. The van der Waals surface area contributed by atoms with Crippen LogP contribution in [-0.2, 0) is 0 Å². The summed E-state index contributed by atoms with van der Waals surface area (Å²) in [6.45, 7) is 1.45. The third kappa shape index (κ3) is 2.79. The van der Waals surface area contributed by atoms with Gasteiger partial charge in [0.2, 0.25) is 0 Å². The van der Waals surface area contributed by atoms with E-state index in [0.29, 0.717) is 28.2 Å². The van der Waals surface area contributed by atoms with Crippen molar-refractivity contribution in [2.75, 3.05) is 14.2 Å². The van der Waals surface area contributed by atoms with Gasteiger partial charge in [-0.05, 0) is 48.4 Å². The fraction of sp³-hybridized carbons (Fsp3) is 0.188. The minimum atomic E-state index is -0.396. The Morgan fingerprint density at radius 2 is 1.60 bits per heavy atom. The van der Waals surface area contributed by atoms with Crippen LogP contribution in [0.2, 0.25) is 0 Å². The molecule has 0 aliphatic carbocycles. The van der Waals surface area contributed by atoms with Gasteiger partial charge < -0.3 is 9.47 Å². The van der Waals surface area contributed by atoms with Crippen LogP contribution in [-0.4, -0.2) is 20.0 Å². The van der Waals surface area contributed by atoms with Crippen molar-refractivity contribution in [3.63, 3.8) is 0 Å². The molecule has 0 radical (unpaired) electrons. The van der Waals surface area contributed by atoms with Crippen LogP contribution in [0, 0.1) is 5.82 Å². The lowest BCUT2D eigenvalue weighted by Gasteiger charge is -2.11. The topological polar surface area (TPSA) is 35.5 Å². The lowest BCUT2D eigenvalue weighted by atomic mass is 9.97. The molecule has 0 bridgehead atoms. The molecule has 0 fully saturated rings. The number of ether oxygens (including phenoxy) is 2. The van der Waals surface area contributed by atoms with Gasteiger partial charge in [-0.3, -0.25) is 4.79 Å². The molecule has 0 saturated carbocycles. The van der Waals surface area contributed by atoms with Crippen molar-refractivity contribution in [3.8, 4) is 22.6 Å². The Balaban J connectivity index is 2.66. The summed E-state index contributed by atoms with van der Waals surface area (Å²) < 4.78 is 23.9. The van der Waals surface area contributed by atoms with E-state index in [1.165, 1.54) is 39.3 Å². The quantitative estimate of drug-likeness (QED) is 0.797. The Morgan fingerprint density at radius 3 is 2.10 bits per heavy atom. The monoisotopic (exact) mass is 274 g/mol. The number of ketones is 1. The van der Waals surface area contributed by atoms with Crippen LogP contribution >= 0.6 is 0 Å². The summed E-state index contributed by atoms with van der Waals surface area (Å²) in [6.07, 6.45) is 0. The first-order valence-corrected chi connectivity index (χ1v) is 6.09. The Hall–Kier alpha value is -2.36. The largest absolute Gasteiger partial charge is 0.497 e. The average Bonchev–Trinajstić information content (AvgIpc) is 2.46. The zero-order chi connectivity index (χ0) is 14.7. The molecule has 0 amide bonds. The molecule has 0 saturated heterocycles. The van der Waals surface area contributed by atoms with Crippen LogP contribution in [0.4, 0.5) is 4.39 Å². The zero-order valence-electron chi connectivity index (χ0n) is 11.6. The van der Waals surface area contributed by atoms with Crippen molar-refractivity contribution in [3.05, 3.63) is 47.8 Å². The molecule has 0 aliphatic heterocycles. The number of halogens is 1. The van der Waals surface area contributed by atoms with Gasteiger partial charge in [-0.15, -0.1) is 0 Å². The average molecular weight is 274 g/mol. The molecule has 0 atom stereocenters. The van der Waals surface area contributed by atoms with Crippen molar-refractivity contribution in [2.24, 2.45) is 0 Å². The number of Topliss-reactive ketones (excluding diaryl/α,β-unsaturated/α-hetero) is 1. The number of hydrogen-bond donors (Lipinski definition) is 0. The SMILES string of the molecule is COc1cc(OC)cc(-c2cc(F)ccc2C(C)=O)c1. The third-order valence-corrected chi connectivity index (χ3v) is 3.02. The smallest absolute Gasteiger partial charge is 0.160 e. The van der Waals surface area contributed by atoms with Crippen molar-refractivity contribution < 1.29 is 18.7 Å². The van der Waals surface area contributed by atoms with E-state index in [0.717, 1.165) is 0 Å². The summed E-state index contributed by atoms with van der Waals surface area (Å²) in [7, 11) is 3.08. The second-order valence-corrected chi connectivity index (χ2v) is 4.35. The first kappa shape index (κ1) is 14.1. The molecular weight excluding hydrogens is 259 g/mol. The van der Waals surface area contributed by atoms with E-state index in [2.05, 4.69) is 0 Å². The fourth-order valence-corrected chi connectivity index (χ4v) is 2.03. The van der Waals surface area contributed by atoms with E-state index >= 15 is 0 Å². The summed E-state index contributed by atoms with van der Waals surface area (Å²) in [4.78, 5) is 11.7. The number of carbonyl (C=O) groups excluding carboxylic acids is 1. The number of carbonyl (C=O) groups is 1. The molecule has 0 aromatic heterocycles. The van der Waals surface area contributed by atoms with Crippen LogP contribution < -0.4 is 9.47 Å². The normalized spacial score (nSPS) is 10.2. The lowest BCUT2D eigenvalue weighted by molar-refractivity contribution is 0.101. The first-order chi connectivity index (χ1) is 9.55. The lowest BCUT2D eigenvalue weighted by Crippen LogP contribution is -1.98. The van der Waals surface area contributed by atoms with Gasteiger partial charge in [0, 0.05) is 11.6 Å². The van der Waals surface area contributed by atoms with Gasteiger partial charge in [-0.25, -0.2) is 4.39 Å². The van der Waals surface area contributed by atoms with Crippen molar-refractivity contribution in [1.82, 2.24) is 0 Å². The first-order valence-electron chi connectivity index (χ1n) is 6.09. The highest BCUT2D eigenvalue weighted by atomic mass is 19.1. The van der Waals surface area contributed by atoms with E-state index in [1.54, 1.807) is 18.2 Å². The van der Waals surface area contributed by atoms with Crippen molar-refractivity contribution in [1.29, 1.82) is 0 Å². The highest BCUT2D eigenvalue weighted by molar-refractivity contribution is 6.01. The Labute approximate surface area is 117 Å². The maximum Gasteiger partial charge on any atom is 0.160 e. The standard InChI is InChI=1S/C16H15FO3/c1-10(18)15-5-4-12(17)8-16(15)11-6-13(19-2)9-14(7-11)20-3/h4-9H,1-3H3. The molecule has 2 rings (SSSR count). The van der Waals surface area contributed by atoms with Crippen LogP contribution in [0.1, 0.15) is 17.3 Å². The summed E-state index contributed by atoms with van der Waals surface area (Å²) in [5, 5.41) is 0. The van der Waals surface area contributed by atoms with Gasteiger partial charge in [-0.1, -0.05) is 0 Å². The molecule has 0 unspecified atom stereocenters. The van der Waals surface area contributed by atoms with E-state index < -0.39 is 5.82 Å². The molecule has 0 aliphatic rings. The predicted molar refractivity (Wildman–Crippen MR) is 74.9 cm³/mol. The second kappa shape index (κ2) is 5.74. The number of hydrogen-bond acceptors (Lipinski definition) is 3. The molecule has 0 heterocycles. The number of benzene rings is 2. The molecule has 0 N–H and O–H groups in total. The van der Waals surface area contributed by atoms with E-state index in [4.69, 9.17) is 9.47 Å². The molecule has 20 heavy (non-hydrogen) atoms. The molecule has 3 nitrogen and oxygen atoms in total. The molecule has 104 valence electrons. The second-order valence-electron chi connectivity index (χ2n) is 4.35. The van der Waals surface area contributed by atoms with Crippen molar-refractivity contribution >= 4 is 5.78 Å². The third-order valence-electron chi connectivity index (χ3n) is 3.02. The summed E-state index contributed by atoms with van der Waals surface area (Å²) >= 11 is 0. The van der Waals surface area contributed by atoms with E-state index in [-0.39, 0.29) is 5.78 Å². The highest BCUT2D eigenvalue weighted by Crippen LogP contribution is 2.32. The van der Waals surface area contributed by atoms with Gasteiger partial charge in [0.1, 0.15) is 17.3 Å². The van der Waals surface area contributed by atoms with Gasteiger partial charge in [0.05, 0.1) is 14.2 Å². The molecule has 2 aromatic carbocycles. The zero-order valence-corrected chi connectivity index (χ0v) is 11.6. The van der Waals surface area contributed by atoms with Crippen LogP contribution in [0.15, 0.2) is 36.4 Å². The summed E-state index contributed by atoms with van der Waals surface area (Å²) in [5.74, 6) is 0.643. The maximum atomic E-state index is 13.5. The van der Waals surface area contributed by atoms with Crippen molar-refractivity contribution in [2.45, 2.75) is 6.92 Å². The van der Waals surface area contributed by atoms with Crippen LogP contribution in [0.25, 0.3) is 11.1 Å². The predicted octanol–water partition coefficient (Wildman–Crippen LogP) is 3.71. The number of rotatable bonds is 4. The maximum absolute atomic E-state index is 13.5. The van der Waals surface area contributed by atoms with Gasteiger partial charge >= 0.3 is 0 Å². The Kier molecular flexibility index (Phi) is 4.03. The van der Waals surface area contributed by atoms with Gasteiger partial charge in [0.15, 0.2) is 5.78 Å². The van der Waals surface area contributed by atoms with E-state index in [1.807, 2.05) is 0 Å². The van der Waals surface area contributed by atoms with Crippen LogP contribution in [0.5, 0.6) is 11.5 Å². The molecular formula is C16H15FO3. The van der Waals surface area contributed by atoms with Crippen LogP contribution in [0.3, 0.4) is 0 Å².